The van der Waals surface area contributed by atoms with E-state index < -0.39 is 0 Å². The molecule has 0 bridgehead atoms. The lowest BCUT2D eigenvalue weighted by Crippen LogP contribution is -2.46. The van der Waals surface area contributed by atoms with Crippen molar-refractivity contribution >= 4 is 6.03 Å². The summed E-state index contributed by atoms with van der Waals surface area (Å²) in [5.74, 6) is 0.823. The van der Waals surface area contributed by atoms with Crippen molar-refractivity contribution in [2.45, 2.75) is 31.7 Å². The molecule has 5 heteroatoms. The van der Waals surface area contributed by atoms with Crippen LogP contribution in [0.1, 0.15) is 25.7 Å². The average Bonchev–Trinajstić information content (AvgIpc) is 3.08. The Hall–Kier alpha value is -0.810. The maximum Gasteiger partial charge on any atom is 0.317 e. The predicted molar refractivity (Wildman–Crippen MR) is 75.2 cm³/mol. The predicted octanol–water partition coefficient (Wildman–Crippen LogP) is 0.476. The van der Waals surface area contributed by atoms with Gasteiger partial charge in [0.2, 0.25) is 0 Å². The highest BCUT2D eigenvalue weighted by Crippen LogP contribution is 2.24. The van der Waals surface area contributed by atoms with Crippen molar-refractivity contribution < 1.29 is 4.79 Å². The fraction of sp³-hybridized carbons (Fsp3) is 0.929. The van der Waals surface area contributed by atoms with Gasteiger partial charge in [-0.05, 0) is 44.7 Å². The Morgan fingerprint density at radius 1 is 1.11 bits per heavy atom. The third kappa shape index (κ3) is 3.20. The van der Waals surface area contributed by atoms with E-state index in [1.807, 2.05) is 4.90 Å². The molecule has 3 heterocycles. The molecule has 2 N–H and O–H groups in total. The number of nitrogens with one attached hydrogen (secondary N) is 2. The van der Waals surface area contributed by atoms with Crippen LogP contribution >= 0.6 is 0 Å². The van der Waals surface area contributed by atoms with Crippen LogP contribution in [0.2, 0.25) is 0 Å². The Kier molecular flexibility index (Phi) is 4.23. The van der Waals surface area contributed by atoms with Gasteiger partial charge in [-0.15, -0.1) is 0 Å². The van der Waals surface area contributed by atoms with Crippen LogP contribution in [0.15, 0.2) is 0 Å². The third-order valence-electron chi connectivity index (χ3n) is 4.84. The van der Waals surface area contributed by atoms with E-state index in [-0.39, 0.29) is 6.03 Å². The molecule has 0 saturated carbocycles. The fourth-order valence-corrected chi connectivity index (χ4v) is 3.72. The van der Waals surface area contributed by atoms with Crippen LogP contribution in [0, 0.1) is 5.92 Å². The minimum atomic E-state index is 0.117. The monoisotopic (exact) mass is 266 g/mol. The summed E-state index contributed by atoms with van der Waals surface area (Å²) in [7, 11) is 0. The molecule has 3 rings (SSSR count). The summed E-state index contributed by atoms with van der Waals surface area (Å²) in [5, 5.41) is 6.52. The molecule has 2 unspecified atom stereocenters. The van der Waals surface area contributed by atoms with Crippen molar-refractivity contribution in [1.82, 2.24) is 20.4 Å². The molecule has 3 fully saturated rings. The molecule has 0 aromatic carbocycles. The molecule has 3 saturated heterocycles. The van der Waals surface area contributed by atoms with Gasteiger partial charge in [0, 0.05) is 38.8 Å². The number of carbonyl (C=O) groups excluding carboxylic acids is 1. The van der Waals surface area contributed by atoms with Crippen LogP contribution in [0.3, 0.4) is 0 Å². The number of hydrogen-bond donors (Lipinski definition) is 2. The summed E-state index contributed by atoms with van der Waals surface area (Å²) in [6.45, 7) is 7.24. The van der Waals surface area contributed by atoms with Crippen LogP contribution in [-0.2, 0) is 0 Å². The highest BCUT2D eigenvalue weighted by molar-refractivity contribution is 5.76. The van der Waals surface area contributed by atoms with Gasteiger partial charge in [-0.2, -0.15) is 0 Å². The second-order valence-corrected chi connectivity index (χ2v) is 6.12. The molecular formula is C14H26N4O. The molecule has 5 nitrogen and oxygen atoms in total. The Morgan fingerprint density at radius 3 is 2.79 bits per heavy atom. The quantitative estimate of drug-likeness (QED) is 0.778. The lowest BCUT2D eigenvalue weighted by Gasteiger charge is -2.36. The van der Waals surface area contributed by atoms with Gasteiger partial charge >= 0.3 is 6.03 Å². The number of carbonyl (C=O) groups is 1. The highest BCUT2D eigenvalue weighted by Gasteiger charge is 2.29. The van der Waals surface area contributed by atoms with Gasteiger partial charge in [-0.3, -0.25) is 0 Å². The molecule has 0 aromatic rings. The molecule has 0 aromatic heterocycles. The van der Waals surface area contributed by atoms with Crippen LogP contribution in [0.25, 0.3) is 0 Å². The first-order valence-corrected chi connectivity index (χ1v) is 7.81. The average molecular weight is 266 g/mol. The first kappa shape index (κ1) is 13.2. The van der Waals surface area contributed by atoms with Crippen LogP contribution in [0.4, 0.5) is 4.79 Å². The number of hydrogen-bond acceptors (Lipinski definition) is 3. The maximum atomic E-state index is 11.5. The van der Waals surface area contributed by atoms with E-state index in [2.05, 4.69) is 15.5 Å². The number of nitrogens with zero attached hydrogens (tertiary/aromatic N) is 2. The Balaban J connectivity index is 1.44. The minimum absolute atomic E-state index is 0.117. The third-order valence-corrected chi connectivity index (χ3v) is 4.84. The number of likely N-dealkylation sites (tertiary alicyclic amines) is 1. The topological polar surface area (TPSA) is 47.6 Å². The van der Waals surface area contributed by atoms with Gasteiger partial charge in [0.1, 0.15) is 0 Å². The van der Waals surface area contributed by atoms with Gasteiger partial charge in [-0.25, -0.2) is 4.79 Å². The minimum Gasteiger partial charge on any atom is -0.336 e. The van der Waals surface area contributed by atoms with E-state index in [1.165, 1.54) is 45.3 Å². The van der Waals surface area contributed by atoms with Gasteiger partial charge in [0.25, 0.3) is 0 Å². The van der Waals surface area contributed by atoms with E-state index in [4.69, 9.17) is 0 Å². The maximum absolute atomic E-state index is 11.5. The van der Waals surface area contributed by atoms with Crippen LogP contribution < -0.4 is 10.6 Å². The second kappa shape index (κ2) is 6.09. The van der Waals surface area contributed by atoms with Crippen molar-refractivity contribution in [2.75, 3.05) is 45.8 Å². The number of piperidine rings is 1. The summed E-state index contributed by atoms with van der Waals surface area (Å²) in [5.41, 5.74) is 0. The first-order chi connectivity index (χ1) is 9.33. The molecule has 108 valence electrons. The lowest BCUT2D eigenvalue weighted by molar-refractivity contribution is 0.140. The molecule has 2 amide bonds. The Labute approximate surface area is 115 Å². The fourth-order valence-electron chi connectivity index (χ4n) is 3.72. The van der Waals surface area contributed by atoms with Crippen molar-refractivity contribution in [3.05, 3.63) is 0 Å². The molecule has 2 atom stereocenters. The van der Waals surface area contributed by atoms with Crippen LogP contribution in [-0.4, -0.2) is 67.7 Å². The largest absolute Gasteiger partial charge is 0.336 e. The van der Waals surface area contributed by atoms with Crippen molar-refractivity contribution in [3.63, 3.8) is 0 Å². The summed E-state index contributed by atoms with van der Waals surface area (Å²) >= 11 is 0. The van der Waals surface area contributed by atoms with Crippen molar-refractivity contribution in [3.8, 4) is 0 Å². The van der Waals surface area contributed by atoms with Gasteiger partial charge in [-0.1, -0.05) is 0 Å². The van der Waals surface area contributed by atoms with Crippen LogP contribution in [0.5, 0.6) is 0 Å². The first-order valence-electron chi connectivity index (χ1n) is 7.81. The standard InChI is InChI=1S/C14H26N4O/c19-14-16-6-8-18(14)10-9-17-7-2-3-12(11-17)13-4-1-5-15-13/h12-13,15H,1-11H2,(H,16,19). The lowest BCUT2D eigenvalue weighted by atomic mass is 9.90. The van der Waals surface area contributed by atoms with Gasteiger partial charge in [0.05, 0.1) is 0 Å². The molecule has 0 radical (unpaired) electrons. The molecule has 3 aliphatic rings. The number of rotatable bonds is 4. The highest BCUT2D eigenvalue weighted by atomic mass is 16.2. The number of urea groups is 1. The Morgan fingerprint density at radius 2 is 2.05 bits per heavy atom. The van der Waals surface area contributed by atoms with E-state index in [0.717, 1.165) is 38.1 Å². The number of amides is 2. The smallest absolute Gasteiger partial charge is 0.317 e. The summed E-state index contributed by atoms with van der Waals surface area (Å²) in [6, 6.07) is 0.865. The second-order valence-electron chi connectivity index (χ2n) is 6.12. The normalized spacial score (nSPS) is 32.8. The summed E-state index contributed by atoms with van der Waals surface area (Å²) in [6.07, 6.45) is 5.38. The van der Waals surface area contributed by atoms with Gasteiger partial charge < -0.3 is 20.4 Å². The summed E-state index contributed by atoms with van der Waals surface area (Å²) in [4.78, 5) is 16.0. The molecular weight excluding hydrogens is 240 g/mol. The van der Waals surface area contributed by atoms with E-state index >= 15 is 0 Å². The Bertz CT molecular complexity index is 317. The van der Waals surface area contributed by atoms with Crippen molar-refractivity contribution in [1.29, 1.82) is 0 Å². The molecule has 0 aliphatic carbocycles. The zero-order valence-electron chi connectivity index (χ0n) is 11.7. The van der Waals surface area contributed by atoms with E-state index in [1.54, 1.807) is 0 Å². The van der Waals surface area contributed by atoms with Crippen molar-refractivity contribution in [2.24, 2.45) is 5.92 Å². The zero-order chi connectivity index (χ0) is 13.1. The van der Waals surface area contributed by atoms with E-state index in [0.29, 0.717) is 0 Å². The summed E-state index contributed by atoms with van der Waals surface area (Å²) < 4.78 is 0. The molecule has 3 aliphatic heterocycles. The molecule has 0 spiro atoms. The van der Waals surface area contributed by atoms with E-state index in [9.17, 15) is 4.79 Å². The van der Waals surface area contributed by atoms with Gasteiger partial charge in [0.15, 0.2) is 0 Å². The molecule has 19 heavy (non-hydrogen) atoms. The SMILES string of the molecule is O=C1NCCN1CCN1CCCC(C2CCCN2)C1. The zero-order valence-corrected chi connectivity index (χ0v) is 11.7.